The summed E-state index contributed by atoms with van der Waals surface area (Å²) in [7, 11) is 3.58. The Bertz CT molecular complexity index is 370. The van der Waals surface area contributed by atoms with Crippen LogP contribution in [0.3, 0.4) is 0 Å². The first-order chi connectivity index (χ1) is 10.6. The van der Waals surface area contributed by atoms with Crippen molar-refractivity contribution in [2.24, 2.45) is 0 Å². The summed E-state index contributed by atoms with van der Waals surface area (Å²) in [6.45, 7) is 6.36. The highest BCUT2D eigenvalue weighted by molar-refractivity contribution is 5.78. The summed E-state index contributed by atoms with van der Waals surface area (Å²) in [4.78, 5) is 32.2. The van der Waals surface area contributed by atoms with E-state index in [-0.39, 0.29) is 11.8 Å². The van der Waals surface area contributed by atoms with Gasteiger partial charge in [-0.15, -0.1) is 0 Å². The second kappa shape index (κ2) is 8.48. The smallest absolute Gasteiger partial charge is 0.236 e. The minimum absolute atomic E-state index is 0.147. The Labute approximate surface area is 134 Å². The van der Waals surface area contributed by atoms with Gasteiger partial charge in [-0.2, -0.15) is 0 Å². The molecule has 0 aromatic rings. The predicted molar refractivity (Wildman–Crippen MR) is 86.6 cm³/mol. The second-order valence-electron chi connectivity index (χ2n) is 6.64. The molecule has 2 amide bonds. The minimum Gasteiger partial charge on any atom is -0.348 e. The number of carbonyl (C=O) groups is 2. The van der Waals surface area contributed by atoms with Gasteiger partial charge in [0.2, 0.25) is 11.8 Å². The Morgan fingerprint density at radius 1 is 0.773 bits per heavy atom. The van der Waals surface area contributed by atoms with Crippen LogP contribution in [0.25, 0.3) is 0 Å². The van der Waals surface area contributed by atoms with Crippen molar-refractivity contribution >= 4 is 11.8 Å². The minimum atomic E-state index is 0.147. The van der Waals surface area contributed by atoms with Crippen molar-refractivity contribution in [2.45, 2.75) is 25.7 Å². The van der Waals surface area contributed by atoms with E-state index < -0.39 is 0 Å². The third-order valence-electron chi connectivity index (χ3n) is 4.64. The zero-order chi connectivity index (χ0) is 15.9. The fraction of sp³-hybridized carbons (Fsp3) is 0.875. The summed E-state index contributed by atoms with van der Waals surface area (Å²) < 4.78 is 0. The van der Waals surface area contributed by atoms with Gasteiger partial charge in [-0.1, -0.05) is 12.8 Å². The van der Waals surface area contributed by atoms with Crippen LogP contribution >= 0.6 is 0 Å². The van der Waals surface area contributed by atoms with E-state index in [0.717, 1.165) is 52.1 Å². The molecule has 6 heteroatoms. The summed E-state index contributed by atoms with van der Waals surface area (Å²) in [5, 5.41) is 0. The first kappa shape index (κ1) is 17.2. The van der Waals surface area contributed by atoms with Crippen LogP contribution < -0.4 is 0 Å². The van der Waals surface area contributed by atoms with Crippen LogP contribution in [-0.4, -0.2) is 97.9 Å². The van der Waals surface area contributed by atoms with Crippen molar-refractivity contribution in [3.05, 3.63) is 0 Å². The molecule has 0 radical (unpaired) electrons. The lowest BCUT2D eigenvalue weighted by atomic mass is 10.2. The second-order valence-corrected chi connectivity index (χ2v) is 6.64. The van der Waals surface area contributed by atoms with Crippen molar-refractivity contribution in [3.63, 3.8) is 0 Å². The topological polar surface area (TPSA) is 47.1 Å². The van der Waals surface area contributed by atoms with E-state index in [1.165, 1.54) is 12.8 Å². The van der Waals surface area contributed by atoms with Gasteiger partial charge in [-0.25, -0.2) is 0 Å². The largest absolute Gasteiger partial charge is 0.348 e. The van der Waals surface area contributed by atoms with Crippen LogP contribution in [0.15, 0.2) is 0 Å². The van der Waals surface area contributed by atoms with Gasteiger partial charge < -0.3 is 9.80 Å². The molecule has 0 N–H and O–H groups in total. The number of likely N-dealkylation sites (tertiary alicyclic amines) is 1. The van der Waals surface area contributed by atoms with E-state index in [0.29, 0.717) is 13.1 Å². The molecule has 0 atom stereocenters. The highest BCUT2D eigenvalue weighted by Gasteiger charge is 2.23. The normalized spacial score (nSPS) is 21.5. The summed E-state index contributed by atoms with van der Waals surface area (Å²) in [5.41, 5.74) is 0. The number of amides is 2. The zero-order valence-corrected chi connectivity index (χ0v) is 14.1. The lowest BCUT2D eigenvalue weighted by Gasteiger charge is -2.35. The van der Waals surface area contributed by atoms with E-state index in [4.69, 9.17) is 0 Å². The molecule has 0 bridgehead atoms. The van der Waals surface area contributed by atoms with Crippen LogP contribution in [0.1, 0.15) is 25.7 Å². The number of piperazine rings is 1. The van der Waals surface area contributed by atoms with Gasteiger partial charge in [0.25, 0.3) is 0 Å². The molecule has 0 aliphatic carbocycles. The Kier molecular flexibility index (Phi) is 6.64. The van der Waals surface area contributed by atoms with Crippen LogP contribution in [0.5, 0.6) is 0 Å². The lowest BCUT2D eigenvalue weighted by Crippen LogP contribution is -2.51. The Morgan fingerprint density at radius 3 is 1.77 bits per heavy atom. The van der Waals surface area contributed by atoms with Crippen LogP contribution in [0.2, 0.25) is 0 Å². The molecule has 0 aromatic heterocycles. The SMILES string of the molecule is CN(C)C(=O)CN1CCN(CC(=O)N2CCCCCC2)CC1. The Hall–Kier alpha value is -1.14. The maximum absolute atomic E-state index is 12.4. The molecule has 2 aliphatic heterocycles. The summed E-state index contributed by atoms with van der Waals surface area (Å²) in [6.07, 6.45) is 4.79. The van der Waals surface area contributed by atoms with E-state index in [9.17, 15) is 9.59 Å². The van der Waals surface area contributed by atoms with E-state index >= 15 is 0 Å². The lowest BCUT2D eigenvalue weighted by molar-refractivity contribution is -0.134. The van der Waals surface area contributed by atoms with Crippen molar-refractivity contribution < 1.29 is 9.59 Å². The maximum atomic E-state index is 12.4. The van der Waals surface area contributed by atoms with Crippen LogP contribution in [-0.2, 0) is 9.59 Å². The quantitative estimate of drug-likeness (QED) is 0.739. The average molecular weight is 310 g/mol. The molecule has 0 unspecified atom stereocenters. The molecule has 2 heterocycles. The fourth-order valence-corrected chi connectivity index (χ4v) is 3.05. The number of carbonyl (C=O) groups excluding carboxylic acids is 2. The number of rotatable bonds is 4. The summed E-state index contributed by atoms with van der Waals surface area (Å²) >= 11 is 0. The molecule has 22 heavy (non-hydrogen) atoms. The van der Waals surface area contributed by atoms with E-state index in [2.05, 4.69) is 9.80 Å². The molecule has 2 saturated heterocycles. The van der Waals surface area contributed by atoms with Crippen LogP contribution in [0, 0.1) is 0 Å². The highest BCUT2D eigenvalue weighted by atomic mass is 16.2. The first-order valence-corrected chi connectivity index (χ1v) is 8.49. The zero-order valence-electron chi connectivity index (χ0n) is 14.1. The number of hydrogen-bond acceptors (Lipinski definition) is 4. The maximum Gasteiger partial charge on any atom is 0.236 e. The molecular formula is C16H30N4O2. The van der Waals surface area contributed by atoms with Gasteiger partial charge in [0.1, 0.15) is 0 Å². The molecule has 6 nitrogen and oxygen atoms in total. The van der Waals surface area contributed by atoms with Gasteiger partial charge >= 0.3 is 0 Å². The molecule has 0 saturated carbocycles. The standard InChI is InChI=1S/C16H30N4O2/c1-17(2)15(21)13-18-9-11-19(12-10-18)14-16(22)20-7-5-3-4-6-8-20/h3-14H2,1-2H3. The molecule has 0 spiro atoms. The first-order valence-electron chi connectivity index (χ1n) is 8.49. The molecule has 2 aliphatic rings. The molecule has 126 valence electrons. The summed E-state index contributed by atoms with van der Waals surface area (Å²) in [5.74, 6) is 0.425. The fourth-order valence-electron chi connectivity index (χ4n) is 3.05. The Balaban J connectivity index is 1.70. The number of hydrogen-bond donors (Lipinski definition) is 0. The van der Waals surface area contributed by atoms with Crippen LogP contribution in [0.4, 0.5) is 0 Å². The monoisotopic (exact) mass is 310 g/mol. The van der Waals surface area contributed by atoms with Gasteiger partial charge in [0, 0.05) is 53.4 Å². The van der Waals surface area contributed by atoms with Gasteiger partial charge in [0.05, 0.1) is 13.1 Å². The van der Waals surface area contributed by atoms with E-state index in [1.54, 1.807) is 19.0 Å². The number of nitrogens with zero attached hydrogens (tertiary/aromatic N) is 4. The third-order valence-corrected chi connectivity index (χ3v) is 4.64. The Morgan fingerprint density at radius 2 is 1.27 bits per heavy atom. The van der Waals surface area contributed by atoms with Crippen molar-refractivity contribution in [3.8, 4) is 0 Å². The highest BCUT2D eigenvalue weighted by Crippen LogP contribution is 2.11. The number of likely N-dealkylation sites (N-methyl/N-ethyl adjacent to an activating group) is 1. The van der Waals surface area contributed by atoms with E-state index in [1.807, 2.05) is 4.90 Å². The van der Waals surface area contributed by atoms with Gasteiger partial charge in [-0.05, 0) is 12.8 Å². The average Bonchev–Trinajstić information content (AvgIpc) is 2.78. The molecule has 2 rings (SSSR count). The predicted octanol–water partition coefficient (Wildman–Crippen LogP) is 0.0948. The molecular weight excluding hydrogens is 280 g/mol. The molecule has 0 aromatic carbocycles. The summed E-state index contributed by atoms with van der Waals surface area (Å²) in [6, 6.07) is 0. The van der Waals surface area contributed by atoms with Gasteiger partial charge in [-0.3, -0.25) is 19.4 Å². The van der Waals surface area contributed by atoms with Crippen molar-refractivity contribution in [1.82, 2.24) is 19.6 Å². The third kappa shape index (κ3) is 5.25. The van der Waals surface area contributed by atoms with Crippen molar-refractivity contribution in [1.29, 1.82) is 0 Å². The van der Waals surface area contributed by atoms with Crippen molar-refractivity contribution in [2.75, 3.05) is 66.5 Å². The van der Waals surface area contributed by atoms with Gasteiger partial charge in [0.15, 0.2) is 0 Å². The molecule has 2 fully saturated rings.